The molecule has 0 unspecified atom stereocenters. The van der Waals surface area contributed by atoms with E-state index in [0.717, 1.165) is 12.1 Å². The van der Waals surface area contributed by atoms with Gasteiger partial charge in [-0.3, -0.25) is 9.59 Å². The molecule has 0 saturated carbocycles. The fraction of sp³-hybridized carbons (Fsp3) is 0.130. The predicted molar refractivity (Wildman–Crippen MR) is 129 cm³/mol. The van der Waals surface area contributed by atoms with Gasteiger partial charge in [0.25, 0.3) is 21.8 Å². The van der Waals surface area contributed by atoms with Crippen molar-refractivity contribution in [3.05, 3.63) is 82.3 Å². The van der Waals surface area contributed by atoms with Gasteiger partial charge in [0.15, 0.2) is 0 Å². The van der Waals surface area contributed by atoms with Gasteiger partial charge in [0.05, 0.1) is 16.1 Å². The van der Waals surface area contributed by atoms with Crippen LogP contribution in [0.2, 0.25) is 0 Å². The third-order valence-electron chi connectivity index (χ3n) is 5.10. The second-order valence-corrected chi connectivity index (χ2v) is 9.97. The van der Waals surface area contributed by atoms with E-state index in [1.807, 2.05) is 0 Å². The highest BCUT2D eigenvalue weighted by Crippen LogP contribution is 2.35. The van der Waals surface area contributed by atoms with Gasteiger partial charge in [-0.15, -0.1) is 0 Å². The highest BCUT2D eigenvalue weighted by Gasteiger charge is 2.40. The summed E-state index contributed by atoms with van der Waals surface area (Å²) in [5.74, 6) is -2.08. The summed E-state index contributed by atoms with van der Waals surface area (Å²) >= 11 is 6.03. The van der Waals surface area contributed by atoms with Crippen molar-refractivity contribution in [1.82, 2.24) is 9.97 Å². The Morgan fingerprint density at radius 2 is 1.54 bits per heavy atom. The fourth-order valence-corrected chi connectivity index (χ4v) is 4.64. The van der Waals surface area contributed by atoms with E-state index in [2.05, 4.69) is 20.0 Å². The number of anilines is 3. The normalized spacial score (nSPS) is 14.4. The van der Waals surface area contributed by atoms with Crippen molar-refractivity contribution in [2.24, 2.45) is 0 Å². The SMILES string of the molecule is Cc1cc(C)nc(NS(=O)(=O)c2ccc(NC3=C(Cl)C(=O)N(c4cccc(C(F)(F)F)c4)C3=O)cc2)n1. The number of alkyl halides is 3. The molecular formula is C23H17ClF3N5O4S. The van der Waals surface area contributed by atoms with Crippen molar-refractivity contribution in [2.75, 3.05) is 14.9 Å². The van der Waals surface area contributed by atoms with E-state index < -0.39 is 38.6 Å². The minimum atomic E-state index is -4.68. The number of nitrogens with zero attached hydrogens (tertiary/aromatic N) is 3. The summed E-state index contributed by atoms with van der Waals surface area (Å²) < 4.78 is 66.9. The van der Waals surface area contributed by atoms with Crippen LogP contribution in [0.1, 0.15) is 17.0 Å². The van der Waals surface area contributed by atoms with Crippen LogP contribution >= 0.6 is 11.6 Å². The van der Waals surface area contributed by atoms with E-state index in [1.54, 1.807) is 19.9 Å². The number of aromatic nitrogens is 2. The van der Waals surface area contributed by atoms with Crippen molar-refractivity contribution in [2.45, 2.75) is 24.9 Å². The molecule has 9 nitrogen and oxygen atoms in total. The largest absolute Gasteiger partial charge is 0.416 e. The molecule has 4 rings (SSSR count). The highest BCUT2D eigenvalue weighted by molar-refractivity contribution is 7.92. The topological polar surface area (TPSA) is 121 Å². The molecule has 0 radical (unpaired) electrons. The quantitative estimate of drug-likeness (QED) is 0.437. The average molecular weight is 552 g/mol. The van der Waals surface area contributed by atoms with Crippen LogP contribution in [0.15, 0.2) is 70.2 Å². The highest BCUT2D eigenvalue weighted by atomic mass is 35.5. The third-order valence-corrected chi connectivity index (χ3v) is 6.80. The van der Waals surface area contributed by atoms with Gasteiger partial charge in [-0.25, -0.2) is 28.0 Å². The minimum absolute atomic E-state index is 0.0959. The number of hydrogen-bond donors (Lipinski definition) is 2. The molecule has 0 spiro atoms. The summed E-state index contributed by atoms with van der Waals surface area (Å²) in [7, 11) is -4.04. The number of benzene rings is 2. The predicted octanol–water partition coefficient (Wildman–Crippen LogP) is 4.35. The molecule has 37 heavy (non-hydrogen) atoms. The molecule has 1 aliphatic heterocycles. The van der Waals surface area contributed by atoms with E-state index in [0.29, 0.717) is 22.4 Å². The second-order valence-electron chi connectivity index (χ2n) is 7.91. The monoisotopic (exact) mass is 551 g/mol. The maximum Gasteiger partial charge on any atom is 0.416 e. The Balaban J connectivity index is 1.53. The zero-order chi connectivity index (χ0) is 27.1. The Kier molecular flexibility index (Phi) is 6.69. The average Bonchev–Trinajstić information content (AvgIpc) is 3.01. The van der Waals surface area contributed by atoms with Crippen LogP contribution in [-0.4, -0.2) is 30.2 Å². The number of sulfonamides is 1. The van der Waals surface area contributed by atoms with Crippen LogP contribution in [-0.2, 0) is 25.8 Å². The molecule has 2 heterocycles. The standard InChI is InChI=1S/C23H17ClF3N5O4S/c1-12-10-13(2)29-22(28-12)31-37(35,36)17-8-6-15(7-9-17)30-19-18(24)20(33)32(21(19)34)16-5-3-4-14(11-16)23(25,26)27/h3-11,30H,1-2H3,(H,28,29,31). The van der Waals surface area contributed by atoms with Gasteiger partial charge in [-0.05, 0) is 62.4 Å². The lowest BCUT2D eigenvalue weighted by molar-refractivity contribution is -0.137. The maximum atomic E-state index is 13.1. The number of imide groups is 1. The number of rotatable bonds is 6. The molecule has 0 atom stereocenters. The molecule has 3 aromatic rings. The third kappa shape index (κ3) is 5.42. The van der Waals surface area contributed by atoms with Crippen LogP contribution in [0.4, 0.5) is 30.5 Å². The van der Waals surface area contributed by atoms with Crippen LogP contribution < -0.4 is 14.9 Å². The summed E-state index contributed by atoms with van der Waals surface area (Å²) in [6.07, 6.45) is -4.68. The number of nitrogens with one attached hydrogen (secondary N) is 2. The van der Waals surface area contributed by atoms with Crippen LogP contribution in [0.25, 0.3) is 0 Å². The lowest BCUT2D eigenvalue weighted by atomic mass is 10.2. The summed E-state index contributed by atoms with van der Waals surface area (Å²) in [6, 6.07) is 10.5. The molecule has 0 aliphatic carbocycles. The summed E-state index contributed by atoms with van der Waals surface area (Å²) in [5.41, 5.74) is -0.376. The second kappa shape index (κ2) is 9.48. The van der Waals surface area contributed by atoms with E-state index in [1.165, 1.54) is 30.3 Å². The van der Waals surface area contributed by atoms with Gasteiger partial charge >= 0.3 is 6.18 Å². The smallest absolute Gasteiger partial charge is 0.350 e. The maximum absolute atomic E-state index is 13.1. The van der Waals surface area contributed by atoms with Crippen molar-refractivity contribution < 1.29 is 31.2 Å². The lowest BCUT2D eigenvalue weighted by Gasteiger charge is -2.17. The first-order valence-corrected chi connectivity index (χ1v) is 12.3. The Labute approximate surface area is 214 Å². The van der Waals surface area contributed by atoms with Gasteiger partial charge in [0, 0.05) is 17.1 Å². The zero-order valence-electron chi connectivity index (χ0n) is 19.1. The number of amides is 2. The van der Waals surface area contributed by atoms with Gasteiger partial charge in [-0.2, -0.15) is 13.2 Å². The molecule has 1 aromatic heterocycles. The molecule has 2 aromatic carbocycles. The molecule has 0 fully saturated rings. The van der Waals surface area contributed by atoms with Crippen molar-refractivity contribution >= 4 is 50.8 Å². The molecule has 0 saturated heterocycles. The van der Waals surface area contributed by atoms with E-state index in [4.69, 9.17) is 11.6 Å². The van der Waals surface area contributed by atoms with E-state index in [9.17, 15) is 31.2 Å². The number of carbonyl (C=O) groups is 2. The van der Waals surface area contributed by atoms with Crippen molar-refractivity contribution in [3.63, 3.8) is 0 Å². The van der Waals surface area contributed by atoms with Crippen LogP contribution in [0.5, 0.6) is 0 Å². The van der Waals surface area contributed by atoms with Gasteiger partial charge < -0.3 is 5.32 Å². The summed E-state index contributed by atoms with van der Waals surface area (Å²) in [4.78, 5) is 33.9. The molecular weight excluding hydrogens is 535 g/mol. The van der Waals surface area contributed by atoms with E-state index >= 15 is 0 Å². The zero-order valence-corrected chi connectivity index (χ0v) is 20.7. The first kappa shape index (κ1) is 26.1. The summed E-state index contributed by atoms with van der Waals surface area (Å²) in [5, 5.41) is 2.10. The Morgan fingerprint density at radius 3 is 2.14 bits per heavy atom. The number of carbonyl (C=O) groups excluding carboxylic acids is 2. The van der Waals surface area contributed by atoms with Crippen molar-refractivity contribution in [1.29, 1.82) is 0 Å². The van der Waals surface area contributed by atoms with Crippen LogP contribution in [0, 0.1) is 13.8 Å². The van der Waals surface area contributed by atoms with Gasteiger partial charge in [0.1, 0.15) is 10.7 Å². The van der Waals surface area contributed by atoms with E-state index in [-0.39, 0.29) is 27.9 Å². The number of halogens is 4. The molecule has 2 N–H and O–H groups in total. The molecule has 0 bridgehead atoms. The summed E-state index contributed by atoms with van der Waals surface area (Å²) in [6.45, 7) is 3.38. The Hall–Kier alpha value is -3.97. The van der Waals surface area contributed by atoms with Crippen LogP contribution in [0.3, 0.4) is 0 Å². The fourth-order valence-electron chi connectivity index (χ4n) is 3.48. The Bertz CT molecular complexity index is 1540. The Morgan fingerprint density at radius 1 is 0.919 bits per heavy atom. The molecule has 14 heteroatoms. The minimum Gasteiger partial charge on any atom is -0.350 e. The lowest BCUT2D eigenvalue weighted by Crippen LogP contribution is -2.32. The molecule has 1 aliphatic rings. The van der Waals surface area contributed by atoms with Gasteiger partial charge in [-0.1, -0.05) is 17.7 Å². The number of aryl methyl sites for hydroxylation is 2. The molecule has 192 valence electrons. The van der Waals surface area contributed by atoms with Crippen molar-refractivity contribution in [3.8, 4) is 0 Å². The van der Waals surface area contributed by atoms with Gasteiger partial charge in [0.2, 0.25) is 5.95 Å². The first-order chi connectivity index (χ1) is 17.3. The first-order valence-electron chi connectivity index (χ1n) is 10.4. The number of hydrogen-bond acceptors (Lipinski definition) is 7. The molecule has 2 amide bonds.